The van der Waals surface area contributed by atoms with Crippen molar-refractivity contribution < 1.29 is 19.4 Å². The Labute approximate surface area is 264 Å². The van der Waals surface area contributed by atoms with E-state index in [1.165, 1.54) is 12.3 Å². The fraction of sp³-hybridized carbons (Fsp3) is 0.111. The van der Waals surface area contributed by atoms with E-state index in [0.717, 1.165) is 27.9 Å². The van der Waals surface area contributed by atoms with Crippen LogP contribution in [0, 0.1) is 0 Å². The van der Waals surface area contributed by atoms with Gasteiger partial charge in [-0.05, 0) is 97.3 Å². The first kappa shape index (κ1) is 29.6. The van der Waals surface area contributed by atoms with Gasteiger partial charge in [0.1, 0.15) is 23.7 Å². The second-order valence-electron chi connectivity index (χ2n) is 10.8. The molecule has 4 aromatic carbocycles. The molecule has 2 aromatic heterocycles. The predicted molar refractivity (Wildman–Crippen MR) is 175 cm³/mol. The molecule has 0 aliphatic heterocycles. The number of benzene rings is 4. The third-order valence-electron chi connectivity index (χ3n) is 7.21. The van der Waals surface area contributed by atoms with E-state index in [1.54, 1.807) is 0 Å². The van der Waals surface area contributed by atoms with Crippen LogP contribution < -0.4 is 10.1 Å². The SMILES string of the molecule is CC(C)NC(=O)c1ccc(-c2ccc(Cl)cc2)c(COc2ccc(-c3nc4cc(C(=O)O)cnc4n3-c3ccccc3)cc2)c1. The Kier molecular flexibility index (Phi) is 8.31. The summed E-state index contributed by atoms with van der Waals surface area (Å²) in [6, 6.07) is 31.9. The zero-order valence-corrected chi connectivity index (χ0v) is 25.3. The average Bonchev–Trinajstić information content (AvgIpc) is 3.43. The van der Waals surface area contributed by atoms with Crippen LogP contribution in [-0.4, -0.2) is 37.6 Å². The molecule has 9 heteroatoms. The van der Waals surface area contributed by atoms with Gasteiger partial charge < -0.3 is 15.2 Å². The van der Waals surface area contributed by atoms with E-state index in [2.05, 4.69) is 10.3 Å². The summed E-state index contributed by atoms with van der Waals surface area (Å²) in [6.07, 6.45) is 1.34. The predicted octanol–water partition coefficient (Wildman–Crippen LogP) is 7.82. The third kappa shape index (κ3) is 6.41. The first-order chi connectivity index (χ1) is 21.8. The van der Waals surface area contributed by atoms with Gasteiger partial charge >= 0.3 is 5.97 Å². The summed E-state index contributed by atoms with van der Waals surface area (Å²) >= 11 is 6.13. The summed E-state index contributed by atoms with van der Waals surface area (Å²) in [5, 5.41) is 13.1. The van der Waals surface area contributed by atoms with Crippen molar-refractivity contribution in [1.29, 1.82) is 0 Å². The zero-order chi connectivity index (χ0) is 31.5. The molecule has 2 N–H and O–H groups in total. The molecule has 0 spiro atoms. The Bertz CT molecular complexity index is 2000. The summed E-state index contributed by atoms with van der Waals surface area (Å²) in [7, 11) is 0. The number of ether oxygens (including phenoxy) is 1. The first-order valence-electron chi connectivity index (χ1n) is 14.4. The Morgan fingerprint density at radius 2 is 1.60 bits per heavy atom. The van der Waals surface area contributed by atoms with Gasteiger partial charge in [-0.1, -0.05) is 48.0 Å². The minimum atomic E-state index is -1.06. The van der Waals surface area contributed by atoms with Crippen LogP contribution >= 0.6 is 11.6 Å². The van der Waals surface area contributed by atoms with Crippen molar-refractivity contribution >= 4 is 34.6 Å². The molecule has 0 bridgehead atoms. The number of halogens is 1. The van der Waals surface area contributed by atoms with E-state index in [1.807, 2.05) is 115 Å². The molecule has 0 aliphatic carbocycles. The minimum absolute atomic E-state index is 0.0109. The number of hydrogen-bond acceptors (Lipinski definition) is 5. The molecule has 0 aliphatic rings. The van der Waals surface area contributed by atoms with Gasteiger partial charge in [0.15, 0.2) is 5.65 Å². The second-order valence-corrected chi connectivity index (χ2v) is 11.2. The number of aromatic carboxylic acids is 1. The molecular formula is C36H29ClN4O4. The van der Waals surface area contributed by atoms with Gasteiger partial charge in [0.2, 0.25) is 0 Å². The van der Waals surface area contributed by atoms with Crippen molar-refractivity contribution in [3.63, 3.8) is 0 Å². The lowest BCUT2D eigenvalue weighted by Gasteiger charge is -2.15. The van der Waals surface area contributed by atoms with E-state index in [4.69, 9.17) is 21.3 Å². The number of nitrogens with one attached hydrogen (secondary N) is 1. The van der Waals surface area contributed by atoms with Gasteiger partial charge in [-0.25, -0.2) is 14.8 Å². The maximum absolute atomic E-state index is 12.8. The lowest BCUT2D eigenvalue weighted by atomic mass is 9.97. The van der Waals surface area contributed by atoms with Crippen LogP contribution in [0.1, 0.15) is 40.1 Å². The first-order valence-corrected chi connectivity index (χ1v) is 14.7. The summed E-state index contributed by atoms with van der Waals surface area (Å²) in [5.74, 6) is 0.0368. The molecule has 6 rings (SSSR count). The Morgan fingerprint density at radius 1 is 0.889 bits per heavy atom. The van der Waals surface area contributed by atoms with Gasteiger partial charge in [0, 0.05) is 34.1 Å². The summed E-state index contributed by atoms with van der Waals surface area (Å²) in [6.45, 7) is 4.07. The molecule has 8 nitrogen and oxygen atoms in total. The largest absolute Gasteiger partial charge is 0.489 e. The highest BCUT2D eigenvalue weighted by Crippen LogP contribution is 2.31. The standard InChI is InChI=1S/C36H29ClN4O4/c1-22(2)39-35(42)25-12-17-31(23-8-13-28(37)14-9-23)27(18-25)21-45-30-15-10-24(11-16-30)33-40-32-19-26(36(43)44)20-38-34(32)41(33)29-6-4-3-5-7-29/h3-20,22H,21H2,1-2H3,(H,39,42)(H,43,44). The molecule has 0 atom stereocenters. The number of amides is 1. The summed E-state index contributed by atoms with van der Waals surface area (Å²) < 4.78 is 8.14. The minimum Gasteiger partial charge on any atom is -0.489 e. The lowest BCUT2D eigenvalue weighted by Crippen LogP contribution is -2.30. The molecular weight excluding hydrogens is 588 g/mol. The number of carbonyl (C=O) groups excluding carboxylic acids is 1. The molecule has 0 saturated carbocycles. The van der Waals surface area contributed by atoms with Crippen molar-refractivity contribution in [2.24, 2.45) is 0 Å². The lowest BCUT2D eigenvalue weighted by molar-refractivity contribution is 0.0696. The number of imidazole rings is 1. The van der Waals surface area contributed by atoms with Crippen LogP contribution in [0.3, 0.4) is 0 Å². The quantitative estimate of drug-likeness (QED) is 0.171. The second kappa shape index (κ2) is 12.6. The van der Waals surface area contributed by atoms with E-state index in [9.17, 15) is 14.7 Å². The number of carboxylic acid groups (broad SMARTS) is 1. The molecule has 6 aromatic rings. The van der Waals surface area contributed by atoms with Crippen molar-refractivity contribution in [2.45, 2.75) is 26.5 Å². The number of rotatable bonds is 9. The van der Waals surface area contributed by atoms with Crippen molar-refractivity contribution in [2.75, 3.05) is 0 Å². The monoisotopic (exact) mass is 616 g/mol. The van der Waals surface area contributed by atoms with Gasteiger partial charge in [-0.3, -0.25) is 9.36 Å². The van der Waals surface area contributed by atoms with E-state index < -0.39 is 5.97 Å². The topological polar surface area (TPSA) is 106 Å². The summed E-state index contributed by atoms with van der Waals surface area (Å²) in [5.41, 5.74) is 6.05. The molecule has 0 radical (unpaired) electrons. The number of carboxylic acids is 1. The number of aromatic nitrogens is 3. The van der Waals surface area contributed by atoms with Crippen LogP contribution in [0.4, 0.5) is 0 Å². The van der Waals surface area contributed by atoms with E-state index in [-0.39, 0.29) is 24.1 Å². The maximum Gasteiger partial charge on any atom is 0.337 e. The number of hydrogen-bond donors (Lipinski definition) is 2. The number of fused-ring (bicyclic) bond motifs is 1. The van der Waals surface area contributed by atoms with Crippen LogP contribution in [0.2, 0.25) is 5.02 Å². The van der Waals surface area contributed by atoms with Crippen molar-refractivity contribution in [3.05, 3.63) is 131 Å². The normalized spacial score (nSPS) is 11.1. The van der Waals surface area contributed by atoms with Crippen molar-refractivity contribution in [3.8, 4) is 34.0 Å². The number of carbonyl (C=O) groups is 2. The fourth-order valence-corrected chi connectivity index (χ4v) is 5.20. The van der Waals surface area contributed by atoms with Crippen LogP contribution in [0.25, 0.3) is 39.4 Å². The van der Waals surface area contributed by atoms with Gasteiger partial charge in [0.25, 0.3) is 5.91 Å². The fourth-order valence-electron chi connectivity index (χ4n) is 5.07. The highest BCUT2D eigenvalue weighted by Gasteiger charge is 2.18. The van der Waals surface area contributed by atoms with Crippen molar-refractivity contribution in [1.82, 2.24) is 19.9 Å². The Balaban J connectivity index is 1.31. The molecule has 0 unspecified atom stereocenters. The highest BCUT2D eigenvalue weighted by atomic mass is 35.5. The smallest absolute Gasteiger partial charge is 0.337 e. The number of nitrogens with zero attached hydrogens (tertiary/aromatic N) is 3. The molecule has 0 saturated heterocycles. The third-order valence-corrected chi connectivity index (χ3v) is 7.46. The Hall–Kier alpha value is -5.47. The molecule has 45 heavy (non-hydrogen) atoms. The zero-order valence-electron chi connectivity index (χ0n) is 24.6. The Morgan fingerprint density at radius 3 is 2.29 bits per heavy atom. The van der Waals surface area contributed by atoms with E-state index in [0.29, 0.717) is 33.3 Å². The molecule has 1 amide bonds. The molecule has 224 valence electrons. The van der Waals surface area contributed by atoms with Crippen LogP contribution in [-0.2, 0) is 6.61 Å². The van der Waals surface area contributed by atoms with Crippen LogP contribution in [0.15, 0.2) is 109 Å². The molecule has 2 heterocycles. The van der Waals surface area contributed by atoms with Crippen LogP contribution in [0.5, 0.6) is 5.75 Å². The van der Waals surface area contributed by atoms with Gasteiger partial charge in [0.05, 0.1) is 5.56 Å². The van der Waals surface area contributed by atoms with Gasteiger partial charge in [-0.2, -0.15) is 0 Å². The maximum atomic E-state index is 12.8. The number of pyridine rings is 1. The number of para-hydroxylation sites is 1. The van der Waals surface area contributed by atoms with Gasteiger partial charge in [-0.15, -0.1) is 0 Å². The molecule has 0 fully saturated rings. The summed E-state index contributed by atoms with van der Waals surface area (Å²) in [4.78, 5) is 33.6. The van der Waals surface area contributed by atoms with E-state index >= 15 is 0 Å². The average molecular weight is 617 g/mol. The highest BCUT2D eigenvalue weighted by molar-refractivity contribution is 6.30.